The average molecular weight is 222 g/mol. The van der Waals surface area contributed by atoms with Crippen LogP contribution in [0.5, 0.6) is 0 Å². The summed E-state index contributed by atoms with van der Waals surface area (Å²) >= 11 is 0. The summed E-state index contributed by atoms with van der Waals surface area (Å²) in [6, 6.07) is 9.57. The molecule has 0 saturated carbocycles. The van der Waals surface area contributed by atoms with Gasteiger partial charge < -0.3 is 4.74 Å². The fourth-order valence-electron chi connectivity index (χ4n) is 1.31. The number of carbonyl (C=O) groups excluding carboxylic acids is 1. The third-order valence-electron chi connectivity index (χ3n) is 1.88. The van der Waals surface area contributed by atoms with E-state index in [1.807, 2.05) is 58.0 Å². The summed E-state index contributed by atoms with van der Waals surface area (Å²) in [4.78, 5) is 11.4. The van der Waals surface area contributed by atoms with E-state index in [1.54, 1.807) is 6.92 Å². The van der Waals surface area contributed by atoms with Crippen LogP contribution in [0.3, 0.4) is 0 Å². The molecule has 0 fully saturated rings. The summed E-state index contributed by atoms with van der Waals surface area (Å²) in [5.41, 5.74) is 0.925. The Bertz CT molecular complexity index is 291. The van der Waals surface area contributed by atoms with Crippen LogP contribution in [-0.2, 0) is 9.53 Å². The number of hydrogen-bond donors (Lipinski definition) is 0. The zero-order chi connectivity index (χ0) is 12.6. The first kappa shape index (κ1) is 14.8. The number of Topliss-reactive ketones (excluding diaryl/α,β-unsaturated/α-hetero) is 1. The summed E-state index contributed by atoms with van der Waals surface area (Å²) in [6.07, 6.45) is -0.361. The topological polar surface area (TPSA) is 26.3 Å². The zero-order valence-electron chi connectivity index (χ0n) is 10.9. The first-order valence-electron chi connectivity index (χ1n) is 5.82. The number of ether oxygens (including phenoxy) is 1. The molecule has 0 aliphatic carbocycles. The number of benzene rings is 1. The number of ketones is 1. The fourth-order valence-corrected chi connectivity index (χ4v) is 1.31. The van der Waals surface area contributed by atoms with Crippen LogP contribution in [0.4, 0.5) is 0 Å². The van der Waals surface area contributed by atoms with Crippen molar-refractivity contribution in [3.8, 4) is 0 Å². The van der Waals surface area contributed by atoms with E-state index in [0.29, 0.717) is 0 Å². The van der Waals surface area contributed by atoms with Crippen LogP contribution in [0.25, 0.3) is 0 Å². The lowest BCUT2D eigenvalue weighted by Gasteiger charge is -2.17. The van der Waals surface area contributed by atoms with Crippen LogP contribution in [0, 0.1) is 0 Å². The second kappa shape index (κ2) is 8.05. The van der Waals surface area contributed by atoms with E-state index < -0.39 is 6.10 Å². The quantitative estimate of drug-likeness (QED) is 0.775. The monoisotopic (exact) mass is 222 g/mol. The van der Waals surface area contributed by atoms with Crippen LogP contribution in [0.2, 0.25) is 0 Å². The molecule has 0 saturated heterocycles. The van der Waals surface area contributed by atoms with Gasteiger partial charge in [-0.05, 0) is 26.3 Å². The van der Waals surface area contributed by atoms with Crippen molar-refractivity contribution in [2.45, 2.75) is 46.8 Å². The van der Waals surface area contributed by atoms with Crippen LogP contribution in [-0.4, -0.2) is 11.9 Å². The van der Waals surface area contributed by atoms with Crippen molar-refractivity contribution in [2.75, 3.05) is 0 Å². The zero-order valence-corrected chi connectivity index (χ0v) is 10.9. The largest absolute Gasteiger partial charge is 0.363 e. The van der Waals surface area contributed by atoms with Crippen molar-refractivity contribution in [1.29, 1.82) is 0 Å². The van der Waals surface area contributed by atoms with Gasteiger partial charge in [0.1, 0.15) is 6.10 Å². The third kappa shape index (κ3) is 5.08. The summed E-state index contributed by atoms with van der Waals surface area (Å²) in [7, 11) is 0. The molecule has 1 aromatic carbocycles. The molecular formula is C14H22O2. The van der Waals surface area contributed by atoms with E-state index in [4.69, 9.17) is 4.74 Å². The molecule has 1 atom stereocenters. The molecule has 0 aromatic heterocycles. The predicted molar refractivity (Wildman–Crippen MR) is 67.4 cm³/mol. The maximum Gasteiger partial charge on any atom is 0.163 e. The van der Waals surface area contributed by atoms with E-state index in [9.17, 15) is 4.79 Å². The summed E-state index contributed by atoms with van der Waals surface area (Å²) in [5.74, 6) is 0.0462. The molecule has 1 unspecified atom stereocenters. The second-order valence-corrected chi connectivity index (χ2v) is 3.59. The molecule has 0 heterocycles. The van der Waals surface area contributed by atoms with Gasteiger partial charge in [0.25, 0.3) is 0 Å². The number of rotatable bonds is 4. The molecule has 2 nitrogen and oxygen atoms in total. The molecule has 0 aliphatic rings. The van der Waals surface area contributed by atoms with E-state index in [0.717, 1.165) is 5.56 Å². The van der Waals surface area contributed by atoms with Gasteiger partial charge in [-0.25, -0.2) is 0 Å². The standard InChI is InChI=1S/C12H16O2.C2H6/c1-9(2)14-12(10(3)13)11-7-5-4-6-8-11;1-2/h4-9,12H,1-3H3;1-2H3. The first-order valence-corrected chi connectivity index (χ1v) is 5.82. The van der Waals surface area contributed by atoms with Gasteiger partial charge >= 0.3 is 0 Å². The van der Waals surface area contributed by atoms with Crippen LogP contribution in [0.1, 0.15) is 46.3 Å². The number of hydrogen-bond acceptors (Lipinski definition) is 2. The molecule has 0 aliphatic heterocycles. The van der Waals surface area contributed by atoms with Crippen molar-refractivity contribution in [2.24, 2.45) is 0 Å². The van der Waals surface area contributed by atoms with Gasteiger partial charge in [-0.2, -0.15) is 0 Å². The summed E-state index contributed by atoms with van der Waals surface area (Å²) < 4.78 is 5.55. The summed E-state index contributed by atoms with van der Waals surface area (Å²) in [6.45, 7) is 9.41. The fraction of sp³-hybridized carbons (Fsp3) is 0.500. The normalized spacial score (nSPS) is 11.6. The highest BCUT2D eigenvalue weighted by Gasteiger charge is 2.17. The Labute approximate surface area is 98.6 Å². The molecule has 0 radical (unpaired) electrons. The Kier molecular flexibility index (Phi) is 7.48. The molecular weight excluding hydrogens is 200 g/mol. The molecule has 0 amide bonds. The van der Waals surface area contributed by atoms with Crippen molar-refractivity contribution in [3.05, 3.63) is 35.9 Å². The third-order valence-corrected chi connectivity index (χ3v) is 1.88. The van der Waals surface area contributed by atoms with Gasteiger partial charge in [0.15, 0.2) is 5.78 Å². The van der Waals surface area contributed by atoms with Crippen LogP contribution >= 0.6 is 0 Å². The Morgan fingerprint density at radius 1 is 1.12 bits per heavy atom. The van der Waals surface area contributed by atoms with Gasteiger partial charge in [-0.15, -0.1) is 0 Å². The van der Waals surface area contributed by atoms with Crippen molar-refractivity contribution >= 4 is 5.78 Å². The Balaban J connectivity index is 0.00000106. The van der Waals surface area contributed by atoms with Gasteiger partial charge in [0.05, 0.1) is 6.10 Å². The summed E-state index contributed by atoms with van der Waals surface area (Å²) in [5, 5.41) is 0. The van der Waals surface area contributed by atoms with Gasteiger partial charge in [0.2, 0.25) is 0 Å². The van der Waals surface area contributed by atoms with Gasteiger partial charge in [-0.1, -0.05) is 44.2 Å². The predicted octanol–water partition coefficient (Wildman–Crippen LogP) is 3.77. The highest BCUT2D eigenvalue weighted by atomic mass is 16.5. The Morgan fingerprint density at radius 3 is 2.00 bits per heavy atom. The van der Waals surface area contributed by atoms with E-state index in [-0.39, 0.29) is 11.9 Å². The molecule has 2 heteroatoms. The van der Waals surface area contributed by atoms with Gasteiger partial charge in [-0.3, -0.25) is 4.79 Å². The van der Waals surface area contributed by atoms with Gasteiger partial charge in [0, 0.05) is 0 Å². The van der Waals surface area contributed by atoms with E-state index in [1.165, 1.54) is 0 Å². The minimum Gasteiger partial charge on any atom is -0.363 e. The highest BCUT2D eigenvalue weighted by Crippen LogP contribution is 2.19. The number of carbonyl (C=O) groups is 1. The second-order valence-electron chi connectivity index (χ2n) is 3.59. The molecule has 0 N–H and O–H groups in total. The molecule has 0 bridgehead atoms. The molecule has 1 aromatic rings. The first-order chi connectivity index (χ1) is 7.61. The van der Waals surface area contributed by atoms with Crippen molar-refractivity contribution in [1.82, 2.24) is 0 Å². The van der Waals surface area contributed by atoms with Crippen molar-refractivity contribution < 1.29 is 9.53 Å². The van der Waals surface area contributed by atoms with Crippen molar-refractivity contribution in [3.63, 3.8) is 0 Å². The molecule has 16 heavy (non-hydrogen) atoms. The minimum atomic E-state index is -0.420. The average Bonchev–Trinajstić information content (AvgIpc) is 2.29. The Hall–Kier alpha value is -1.15. The lowest BCUT2D eigenvalue weighted by atomic mass is 10.1. The van der Waals surface area contributed by atoms with E-state index >= 15 is 0 Å². The SMILES string of the molecule is CC.CC(=O)C(OC(C)C)c1ccccc1. The molecule has 0 spiro atoms. The lowest BCUT2D eigenvalue weighted by Crippen LogP contribution is -2.17. The van der Waals surface area contributed by atoms with E-state index in [2.05, 4.69) is 0 Å². The smallest absolute Gasteiger partial charge is 0.163 e. The lowest BCUT2D eigenvalue weighted by molar-refractivity contribution is -0.131. The highest BCUT2D eigenvalue weighted by molar-refractivity contribution is 5.81. The minimum absolute atomic E-state index is 0.0462. The van der Waals surface area contributed by atoms with Crippen LogP contribution in [0.15, 0.2) is 30.3 Å². The van der Waals surface area contributed by atoms with Crippen LogP contribution < -0.4 is 0 Å². The Morgan fingerprint density at radius 2 is 1.62 bits per heavy atom. The molecule has 90 valence electrons. The maximum absolute atomic E-state index is 11.4. The molecule has 1 rings (SSSR count). The maximum atomic E-state index is 11.4.